The largest absolute Gasteiger partial charge is 0.478 e. The SMILES string of the molecule is Nc1nc(/C(=N/OC2(C(=O)O)CC2)C(=O)C[C@H]2CON(C3(C(=O)O)CC(N4C(=O)c5[nH]c(=O)c(=O)[nH]c5C4=O)C(=O)O3)C2=O)ns1. The van der Waals surface area contributed by atoms with Crippen LogP contribution in [-0.4, -0.2) is 111 Å². The molecule has 23 heteroatoms. The number of aliphatic carboxylic acids is 2. The van der Waals surface area contributed by atoms with Crippen LogP contribution >= 0.6 is 11.5 Å². The Morgan fingerprint density at radius 3 is 2.20 bits per heavy atom. The van der Waals surface area contributed by atoms with Crippen LogP contribution in [0.15, 0.2) is 14.7 Å². The summed E-state index contributed by atoms with van der Waals surface area (Å²) in [4.78, 5) is 131. The number of Topliss-reactive ketones (excluding diaryl/α,β-unsaturated/α-hetero) is 1. The molecule has 3 fully saturated rings. The number of fused-ring (bicyclic) bond motifs is 1. The van der Waals surface area contributed by atoms with Crippen molar-refractivity contribution < 1.29 is 58.2 Å². The van der Waals surface area contributed by atoms with E-state index in [1.54, 1.807) is 0 Å². The molecule has 2 aromatic heterocycles. The zero-order chi connectivity index (χ0) is 33.3. The van der Waals surface area contributed by atoms with Crippen LogP contribution in [-0.2, 0) is 38.4 Å². The predicted octanol–water partition coefficient (Wildman–Crippen LogP) is -3.42. The highest BCUT2D eigenvalue weighted by molar-refractivity contribution is 7.09. The number of amides is 3. The number of nitrogens with zero attached hydrogens (tertiary/aromatic N) is 5. The summed E-state index contributed by atoms with van der Waals surface area (Å²) in [6, 6.07) is -1.95. The number of ketones is 1. The number of H-pyrrole nitrogens is 2. The first kappa shape index (κ1) is 30.2. The highest BCUT2D eigenvalue weighted by Crippen LogP contribution is 2.41. The molecular formula is C23H18N8O14S. The van der Waals surface area contributed by atoms with Crippen molar-refractivity contribution in [2.45, 2.75) is 43.1 Å². The number of oxime groups is 1. The second-order valence-electron chi connectivity index (χ2n) is 10.4. The molecule has 46 heavy (non-hydrogen) atoms. The third kappa shape index (κ3) is 4.59. The average molecular weight is 663 g/mol. The first-order valence-electron chi connectivity index (χ1n) is 13.0. The number of nitrogen functional groups attached to an aromatic ring is 1. The third-order valence-corrected chi connectivity index (χ3v) is 8.04. The van der Waals surface area contributed by atoms with Crippen LogP contribution in [0, 0.1) is 5.92 Å². The van der Waals surface area contributed by atoms with Crippen molar-refractivity contribution in [3.8, 4) is 0 Å². The Labute approximate surface area is 255 Å². The molecular weight excluding hydrogens is 644 g/mol. The maximum absolute atomic E-state index is 13.4. The highest BCUT2D eigenvalue weighted by Gasteiger charge is 2.65. The number of ether oxygens (including phenoxy) is 1. The first-order valence-corrected chi connectivity index (χ1v) is 13.8. The van der Waals surface area contributed by atoms with Crippen molar-refractivity contribution in [1.82, 2.24) is 29.3 Å². The number of aromatic nitrogens is 4. The van der Waals surface area contributed by atoms with Crippen molar-refractivity contribution in [3.63, 3.8) is 0 Å². The molecule has 6 rings (SSSR count). The van der Waals surface area contributed by atoms with Gasteiger partial charge in [-0.25, -0.2) is 14.4 Å². The quantitative estimate of drug-likeness (QED) is 0.0543. The molecule has 3 aliphatic heterocycles. The van der Waals surface area contributed by atoms with Gasteiger partial charge in [0.15, 0.2) is 16.6 Å². The van der Waals surface area contributed by atoms with E-state index in [2.05, 4.69) is 14.5 Å². The minimum atomic E-state index is -2.92. The standard InChI is InChI=1S/C23H18N8O14S/c24-21-27-12(29-46-21)9(28-45-22(1-2-22)19(39)40)8(32)3-6-5-43-31(15(6)35)23(20(41)42)4-7(18(38)44-23)30-16(36)10-11(17(30)37)26-14(34)13(33)25-10/h6-7H,1-5H2,(H,25,33)(H,26,34)(H,39,40)(H,41,42)(H2,24,27,29)/b28-9+/t6-,7?,23?/m0/s1. The number of carboxylic acid groups (broad SMARTS) is 2. The number of nitrogens with one attached hydrogen (secondary N) is 2. The van der Waals surface area contributed by atoms with E-state index in [0.717, 1.165) is 0 Å². The van der Waals surface area contributed by atoms with E-state index in [1.807, 2.05) is 9.97 Å². The van der Waals surface area contributed by atoms with Crippen molar-refractivity contribution in [1.29, 1.82) is 0 Å². The van der Waals surface area contributed by atoms with Crippen molar-refractivity contribution >= 4 is 63.8 Å². The molecule has 2 unspecified atom stereocenters. The number of nitrogens with two attached hydrogens (primary N) is 1. The minimum absolute atomic E-state index is 0.0712. The Hall–Kier alpha value is -5.84. The second kappa shape index (κ2) is 10.4. The number of carboxylic acids is 2. The molecule has 2 saturated heterocycles. The fraction of sp³-hybridized carbons (Fsp3) is 0.391. The number of imide groups is 1. The summed E-state index contributed by atoms with van der Waals surface area (Å²) in [7, 11) is 0. The van der Waals surface area contributed by atoms with Gasteiger partial charge in [-0.1, -0.05) is 5.16 Å². The van der Waals surface area contributed by atoms with Crippen molar-refractivity contribution in [3.05, 3.63) is 37.9 Å². The molecule has 1 aliphatic carbocycles. The van der Waals surface area contributed by atoms with Crippen LogP contribution in [0.25, 0.3) is 0 Å². The number of rotatable bonds is 10. The summed E-state index contributed by atoms with van der Waals surface area (Å²) in [6.07, 6.45) is -1.54. The van der Waals surface area contributed by atoms with Crippen LogP contribution in [0.2, 0.25) is 0 Å². The van der Waals surface area contributed by atoms with Gasteiger partial charge in [0, 0.05) is 30.8 Å². The maximum atomic E-state index is 13.4. The Morgan fingerprint density at radius 2 is 1.67 bits per heavy atom. The van der Waals surface area contributed by atoms with Crippen molar-refractivity contribution in [2.75, 3.05) is 12.3 Å². The molecule has 6 N–H and O–H groups in total. The highest BCUT2D eigenvalue weighted by atomic mass is 32.1. The fourth-order valence-corrected chi connectivity index (χ4v) is 5.35. The van der Waals surface area contributed by atoms with Gasteiger partial charge in [-0.05, 0) is 0 Å². The molecule has 22 nitrogen and oxygen atoms in total. The van der Waals surface area contributed by atoms with E-state index in [4.69, 9.17) is 20.1 Å². The van der Waals surface area contributed by atoms with E-state index in [1.165, 1.54) is 0 Å². The van der Waals surface area contributed by atoms with Crippen LogP contribution in [0.5, 0.6) is 0 Å². The van der Waals surface area contributed by atoms with E-state index in [0.29, 0.717) is 11.5 Å². The van der Waals surface area contributed by atoms with E-state index in [-0.39, 0.29) is 33.8 Å². The van der Waals surface area contributed by atoms with Gasteiger partial charge in [0.1, 0.15) is 17.4 Å². The molecule has 1 saturated carbocycles. The molecule has 0 radical (unpaired) electrons. The molecule has 240 valence electrons. The zero-order valence-electron chi connectivity index (χ0n) is 22.7. The maximum Gasteiger partial charge on any atom is 0.372 e. The van der Waals surface area contributed by atoms with Gasteiger partial charge in [-0.2, -0.15) is 14.4 Å². The number of hydrogen-bond acceptors (Lipinski definition) is 17. The van der Waals surface area contributed by atoms with Gasteiger partial charge in [-0.15, -0.1) is 0 Å². The molecule has 0 aromatic carbocycles. The first-order chi connectivity index (χ1) is 21.7. The Kier molecular flexibility index (Phi) is 6.81. The van der Waals surface area contributed by atoms with E-state index >= 15 is 0 Å². The number of carbonyl (C=O) groups is 7. The summed E-state index contributed by atoms with van der Waals surface area (Å²) in [6.45, 7) is -0.614. The van der Waals surface area contributed by atoms with Crippen LogP contribution in [0.3, 0.4) is 0 Å². The number of aromatic amines is 2. The Bertz CT molecular complexity index is 1880. The lowest BCUT2D eigenvalue weighted by Crippen LogP contribution is -2.56. The zero-order valence-corrected chi connectivity index (χ0v) is 23.5. The van der Waals surface area contributed by atoms with E-state index < -0.39 is 112 Å². The second-order valence-corrected chi connectivity index (χ2v) is 11.2. The normalized spacial score (nSPS) is 25.1. The van der Waals surface area contributed by atoms with Crippen molar-refractivity contribution in [2.24, 2.45) is 11.1 Å². The summed E-state index contributed by atoms with van der Waals surface area (Å²) < 4.78 is 8.91. The van der Waals surface area contributed by atoms with E-state index in [9.17, 15) is 53.4 Å². The summed E-state index contributed by atoms with van der Waals surface area (Å²) in [5.41, 5.74) is -3.41. The van der Waals surface area contributed by atoms with Gasteiger partial charge < -0.3 is 35.5 Å². The smallest absolute Gasteiger partial charge is 0.372 e. The van der Waals surface area contributed by atoms with Crippen LogP contribution in [0.1, 0.15) is 52.5 Å². The third-order valence-electron chi connectivity index (χ3n) is 7.49. The number of esters is 1. The molecule has 5 heterocycles. The topological polar surface area (TPSA) is 324 Å². The molecule has 0 bridgehead atoms. The lowest BCUT2D eigenvalue weighted by molar-refractivity contribution is -0.256. The number of hydroxylamine groups is 2. The molecule has 0 spiro atoms. The van der Waals surface area contributed by atoms with Crippen LogP contribution < -0.4 is 16.9 Å². The van der Waals surface area contributed by atoms with Gasteiger partial charge in [0.2, 0.25) is 11.4 Å². The number of carbonyl (C=O) groups excluding carboxylic acids is 5. The van der Waals surface area contributed by atoms with Gasteiger partial charge >= 0.3 is 34.8 Å². The molecule has 4 aliphatic rings. The number of cyclic esters (lactones) is 1. The Morgan fingerprint density at radius 1 is 1.04 bits per heavy atom. The predicted molar refractivity (Wildman–Crippen MR) is 141 cm³/mol. The summed E-state index contributed by atoms with van der Waals surface area (Å²) >= 11 is 0.688. The average Bonchev–Trinajstić information content (AvgIpc) is 3.21. The minimum Gasteiger partial charge on any atom is -0.478 e. The lowest BCUT2D eigenvalue weighted by Gasteiger charge is -2.31. The number of hydrogen-bond donors (Lipinski definition) is 5. The molecule has 2 aromatic rings. The van der Waals surface area contributed by atoms with Gasteiger partial charge in [0.05, 0.1) is 18.9 Å². The molecule has 3 atom stereocenters. The molecule has 3 amide bonds. The van der Waals surface area contributed by atoms with Gasteiger partial charge in [-0.3, -0.25) is 38.5 Å². The fourth-order valence-electron chi connectivity index (χ4n) is 4.92. The number of anilines is 1. The summed E-state index contributed by atoms with van der Waals surface area (Å²) in [5, 5.41) is 23.2. The van der Waals surface area contributed by atoms with Crippen LogP contribution in [0.4, 0.5) is 5.13 Å². The monoisotopic (exact) mass is 662 g/mol. The lowest BCUT2D eigenvalue weighted by atomic mass is 9.98. The summed E-state index contributed by atoms with van der Waals surface area (Å²) in [5.74, 6) is -11.0. The van der Waals surface area contributed by atoms with Gasteiger partial charge in [0.25, 0.3) is 17.7 Å². The Balaban J connectivity index is 1.22.